The molecule has 0 unspecified atom stereocenters. The van der Waals surface area contributed by atoms with Crippen LogP contribution in [0.2, 0.25) is 0 Å². The summed E-state index contributed by atoms with van der Waals surface area (Å²) in [6.45, 7) is 3.75. The number of rotatable bonds is 4. The highest BCUT2D eigenvalue weighted by molar-refractivity contribution is 5.88. The van der Waals surface area contributed by atoms with E-state index < -0.39 is 5.97 Å². The summed E-state index contributed by atoms with van der Waals surface area (Å²) in [5, 5.41) is 13.3. The molecule has 0 spiro atoms. The number of carboxylic acids is 1. The van der Waals surface area contributed by atoms with E-state index in [1.165, 1.54) is 18.3 Å². The summed E-state index contributed by atoms with van der Waals surface area (Å²) in [6.07, 6.45) is 2.76. The van der Waals surface area contributed by atoms with Crippen molar-refractivity contribution in [2.75, 3.05) is 0 Å². The van der Waals surface area contributed by atoms with E-state index in [4.69, 9.17) is 5.11 Å². The molecule has 5 heteroatoms. The second kappa shape index (κ2) is 5.22. The van der Waals surface area contributed by atoms with Gasteiger partial charge in [0.1, 0.15) is 11.4 Å². The van der Waals surface area contributed by atoms with E-state index in [0.29, 0.717) is 17.8 Å². The lowest BCUT2D eigenvalue weighted by molar-refractivity contribution is 0.0695. The summed E-state index contributed by atoms with van der Waals surface area (Å²) in [5.74, 6) is -1.31. The molecule has 0 saturated carbocycles. The van der Waals surface area contributed by atoms with Gasteiger partial charge < -0.3 is 5.11 Å². The highest BCUT2D eigenvalue weighted by atomic mass is 19.1. The van der Waals surface area contributed by atoms with Gasteiger partial charge in [-0.3, -0.25) is 0 Å². The van der Waals surface area contributed by atoms with Crippen LogP contribution in [0.5, 0.6) is 0 Å². The Morgan fingerprint density at radius 1 is 1.47 bits per heavy atom. The molecule has 100 valence electrons. The molecule has 4 nitrogen and oxygen atoms in total. The van der Waals surface area contributed by atoms with Crippen molar-refractivity contribution in [3.8, 4) is 5.69 Å². The van der Waals surface area contributed by atoms with Crippen LogP contribution < -0.4 is 0 Å². The monoisotopic (exact) mass is 262 g/mol. The minimum Gasteiger partial charge on any atom is -0.478 e. The zero-order valence-corrected chi connectivity index (χ0v) is 10.9. The van der Waals surface area contributed by atoms with E-state index in [9.17, 15) is 9.18 Å². The molecule has 2 aromatic rings. The van der Waals surface area contributed by atoms with Gasteiger partial charge in [-0.15, -0.1) is 0 Å². The van der Waals surface area contributed by atoms with Gasteiger partial charge in [-0.1, -0.05) is 13.3 Å². The first-order valence-corrected chi connectivity index (χ1v) is 6.11. The normalized spacial score (nSPS) is 10.7. The molecular weight excluding hydrogens is 247 g/mol. The molecule has 0 amide bonds. The average molecular weight is 262 g/mol. The number of carboxylic acid groups (broad SMARTS) is 1. The van der Waals surface area contributed by atoms with Crippen molar-refractivity contribution in [1.82, 2.24) is 9.78 Å². The van der Waals surface area contributed by atoms with Gasteiger partial charge in [0.2, 0.25) is 0 Å². The predicted molar refractivity (Wildman–Crippen MR) is 69.2 cm³/mol. The fourth-order valence-electron chi connectivity index (χ4n) is 2.09. The maximum absolute atomic E-state index is 13.1. The second-order valence-corrected chi connectivity index (χ2v) is 4.40. The molecule has 0 bridgehead atoms. The summed E-state index contributed by atoms with van der Waals surface area (Å²) >= 11 is 0. The van der Waals surface area contributed by atoms with Crippen LogP contribution in [-0.2, 0) is 6.42 Å². The first kappa shape index (κ1) is 13.3. The van der Waals surface area contributed by atoms with Crippen molar-refractivity contribution in [2.24, 2.45) is 0 Å². The van der Waals surface area contributed by atoms with Crippen molar-refractivity contribution in [3.63, 3.8) is 0 Å². The molecule has 0 aliphatic carbocycles. The molecular formula is C14H15FN2O2. The minimum absolute atomic E-state index is 0.200. The van der Waals surface area contributed by atoms with Gasteiger partial charge in [-0.05, 0) is 37.1 Å². The average Bonchev–Trinajstić information content (AvgIpc) is 2.73. The van der Waals surface area contributed by atoms with Crippen LogP contribution in [0.3, 0.4) is 0 Å². The number of hydrogen-bond donors (Lipinski definition) is 1. The number of hydrogen-bond acceptors (Lipinski definition) is 2. The van der Waals surface area contributed by atoms with Gasteiger partial charge in [0.15, 0.2) is 0 Å². The van der Waals surface area contributed by atoms with Gasteiger partial charge in [-0.2, -0.15) is 5.10 Å². The van der Waals surface area contributed by atoms with E-state index in [1.54, 1.807) is 17.7 Å². The second-order valence-electron chi connectivity index (χ2n) is 4.40. The summed E-state index contributed by atoms with van der Waals surface area (Å²) in [7, 11) is 0. The predicted octanol–water partition coefficient (Wildman–Crippen LogP) is 2.97. The van der Waals surface area contributed by atoms with E-state index in [-0.39, 0.29) is 11.4 Å². The fourth-order valence-corrected chi connectivity index (χ4v) is 2.09. The molecule has 19 heavy (non-hydrogen) atoms. The molecule has 1 N–H and O–H groups in total. The third kappa shape index (κ3) is 2.50. The molecule has 1 aromatic heterocycles. The third-order valence-electron chi connectivity index (χ3n) is 2.97. The fraction of sp³-hybridized carbons (Fsp3) is 0.286. The Kier molecular flexibility index (Phi) is 3.64. The standard InChI is InChI=1S/C14H15FN2O2/c1-3-4-13-11(14(18)19)8-16-17(13)12-6-5-10(15)7-9(12)2/h5-8H,3-4H2,1-2H3,(H,18,19). The summed E-state index contributed by atoms with van der Waals surface area (Å²) < 4.78 is 14.7. The SMILES string of the molecule is CCCc1c(C(=O)O)cnn1-c1ccc(F)cc1C. The Hall–Kier alpha value is -2.17. The minimum atomic E-state index is -0.991. The maximum atomic E-state index is 13.1. The van der Waals surface area contributed by atoms with Gasteiger partial charge in [0.25, 0.3) is 0 Å². The largest absolute Gasteiger partial charge is 0.478 e. The van der Waals surface area contributed by atoms with Crippen LogP contribution in [0.4, 0.5) is 4.39 Å². The zero-order chi connectivity index (χ0) is 14.0. The van der Waals surface area contributed by atoms with Crippen LogP contribution >= 0.6 is 0 Å². The molecule has 1 aromatic carbocycles. The number of nitrogens with zero attached hydrogens (tertiary/aromatic N) is 2. The number of aryl methyl sites for hydroxylation is 1. The Balaban J connectivity index is 2.58. The van der Waals surface area contributed by atoms with Crippen molar-refractivity contribution >= 4 is 5.97 Å². The molecule has 2 rings (SSSR count). The van der Waals surface area contributed by atoms with Crippen molar-refractivity contribution in [3.05, 3.63) is 47.0 Å². The summed E-state index contributed by atoms with van der Waals surface area (Å²) in [6, 6.07) is 4.37. The van der Waals surface area contributed by atoms with Crippen molar-refractivity contribution in [2.45, 2.75) is 26.7 Å². The van der Waals surface area contributed by atoms with Crippen LogP contribution in [0, 0.1) is 12.7 Å². The van der Waals surface area contributed by atoms with Crippen molar-refractivity contribution in [1.29, 1.82) is 0 Å². The highest BCUT2D eigenvalue weighted by Gasteiger charge is 2.17. The highest BCUT2D eigenvalue weighted by Crippen LogP contribution is 2.20. The van der Waals surface area contributed by atoms with Gasteiger partial charge >= 0.3 is 5.97 Å². The van der Waals surface area contributed by atoms with E-state index in [2.05, 4.69) is 5.10 Å². The number of aromatic carboxylic acids is 1. The quantitative estimate of drug-likeness (QED) is 0.921. The summed E-state index contributed by atoms with van der Waals surface area (Å²) in [5.41, 5.74) is 2.27. The Morgan fingerprint density at radius 2 is 2.21 bits per heavy atom. The number of benzene rings is 1. The van der Waals surface area contributed by atoms with Gasteiger partial charge in [0, 0.05) is 0 Å². The van der Waals surface area contributed by atoms with Crippen LogP contribution in [0.1, 0.15) is 35.0 Å². The third-order valence-corrected chi connectivity index (χ3v) is 2.97. The molecule has 0 atom stereocenters. The number of aromatic nitrogens is 2. The molecule has 0 aliphatic heterocycles. The lowest BCUT2D eigenvalue weighted by Gasteiger charge is -2.10. The Morgan fingerprint density at radius 3 is 2.79 bits per heavy atom. The molecule has 0 aliphatic rings. The van der Waals surface area contributed by atoms with E-state index >= 15 is 0 Å². The topological polar surface area (TPSA) is 55.1 Å². The Labute approximate surface area is 110 Å². The van der Waals surface area contributed by atoms with Crippen LogP contribution in [-0.4, -0.2) is 20.9 Å². The first-order valence-electron chi connectivity index (χ1n) is 6.11. The smallest absolute Gasteiger partial charge is 0.339 e. The first-order chi connectivity index (χ1) is 9.04. The zero-order valence-electron chi connectivity index (χ0n) is 10.9. The Bertz CT molecular complexity index is 620. The van der Waals surface area contributed by atoms with Crippen molar-refractivity contribution < 1.29 is 14.3 Å². The maximum Gasteiger partial charge on any atom is 0.339 e. The lowest BCUT2D eigenvalue weighted by Crippen LogP contribution is -2.07. The molecule has 0 saturated heterocycles. The molecule has 0 fully saturated rings. The van der Waals surface area contributed by atoms with Crippen LogP contribution in [0.15, 0.2) is 24.4 Å². The molecule has 0 radical (unpaired) electrons. The molecule has 1 heterocycles. The number of halogens is 1. The lowest BCUT2D eigenvalue weighted by atomic mass is 10.1. The van der Waals surface area contributed by atoms with Crippen LogP contribution in [0.25, 0.3) is 5.69 Å². The van der Waals surface area contributed by atoms with Gasteiger partial charge in [0.05, 0.1) is 17.6 Å². The van der Waals surface area contributed by atoms with E-state index in [1.807, 2.05) is 6.92 Å². The van der Waals surface area contributed by atoms with Gasteiger partial charge in [-0.25, -0.2) is 13.9 Å². The number of carbonyl (C=O) groups is 1. The van der Waals surface area contributed by atoms with E-state index in [0.717, 1.165) is 12.0 Å². The summed E-state index contributed by atoms with van der Waals surface area (Å²) in [4.78, 5) is 11.2.